The SMILES string of the molecule is NC(=O)c1cc(-c2ccc(NCC3(c4ncccc4F)CCC3)nn2)no1. The number of primary amides is 1. The number of amides is 1. The predicted molar refractivity (Wildman–Crippen MR) is 94.3 cm³/mol. The lowest BCUT2D eigenvalue weighted by atomic mass is 9.66. The van der Waals surface area contributed by atoms with Crippen molar-refractivity contribution in [3.8, 4) is 11.4 Å². The first-order valence-corrected chi connectivity index (χ1v) is 8.53. The van der Waals surface area contributed by atoms with Crippen molar-refractivity contribution in [2.75, 3.05) is 11.9 Å². The molecule has 3 heterocycles. The van der Waals surface area contributed by atoms with Gasteiger partial charge in [-0.1, -0.05) is 11.6 Å². The topological polar surface area (TPSA) is 120 Å². The first kappa shape index (κ1) is 17.1. The fourth-order valence-electron chi connectivity index (χ4n) is 3.21. The summed E-state index contributed by atoms with van der Waals surface area (Å²) in [5, 5.41) is 15.2. The summed E-state index contributed by atoms with van der Waals surface area (Å²) in [5.41, 5.74) is 6.13. The smallest absolute Gasteiger partial charge is 0.287 e. The monoisotopic (exact) mass is 368 g/mol. The van der Waals surface area contributed by atoms with Crippen molar-refractivity contribution in [2.24, 2.45) is 5.73 Å². The number of nitrogens with two attached hydrogens (primary N) is 1. The van der Waals surface area contributed by atoms with Gasteiger partial charge in [0.15, 0.2) is 0 Å². The van der Waals surface area contributed by atoms with E-state index in [9.17, 15) is 9.18 Å². The van der Waals surface area contributed by atoms with Gasteiger partial charge in [-0.25, -0.2) is 4.39 Å². The van der Waals surface area contributed by atoms with Gasteiger partial charge in [0.2, 0.25) is 5.76 Å². The molecule has 1 amide bonds. The molecule has 0 atom stereocenters. The minimum atomic E-state index is -0.701. The Labute approximate surface area is 154 Å². The number of nitrogens with one attached hydrogen (secondary N) is 1. The van der Waals surface area contributed by atoms with Gasteiger partial charge in [0.05, 0.1) is 5.69 Å². The van der Waals surface area contributed by atoms with Gasteiger partial charge in [-0.15, -0.1) is 10.2 Å². The largest absolute Gasteiger partial charge is 0.368 e. The van der Waals surface area contributed by atoms with E-state index in [1.54, 1.807) is 24.4 Å². The molecule has 0 aliphatic heterocycles. The van der Waals surface area contributed by atoms with Crippen LogP contribution in [0.1, 0.15) is 35.5 Å². The van der Waals surface area contributed by atoms with Gasteiger partial charge in [-0.05, 0) is 37.1 Å². The van der Waals surface area contributed by atoms with E-state index < -0.39 is 5.91 Å². The van der Waals surface area contributed by atoms with E-state index in [0.29, 0.717) is 29.4 Å². The van der Waals surface area contributed by atoms with Crippen LogP contribution in [0.3, 0.4) is 0 Å². The van der Waals surface area contributed by atoms with Crippen molar-refractivity contribution < 1.29 is 13.7 Å². The maximum Gasteiger partial charge on any atom is 0.287 e. The van der Waals surface area contributed by atoms with E-state index >= 15 is 0 Å². The van der Waals surface area contributed by atoms with Gasteiger partial charge >= 0.3 is 0 Å². The molecule has 8 nitrogen and oxygen atoms in total. The lowest BCUT2D eigenvalue weighted by Crippen LogP contribution is -2.42. The lowest BCUT2D eigenvalue weighted by molar-refractivity contribution is 0.0965. The molecule has 9 heteroatoms. The molecule has 27 heavy (non-hydrogen) atoms. The highest BCUT2D eigenvalue weighted by Gasteiger charge is 2.41. The van der Waals surface area contributed by atoms with E-state index in [4.69, 9.17) is 10.3 Å². The second-order valence-electron chi connectivity index (χ2n) is 6.57. The molecule has 0 radical (unpaired) electrons. The third-order valence-electron chi connectivity index (χ3n) is 4.86. The van der Waals surface area contributed by atoms with Crippen molar-refractivity contribution in [1.29, 1.82) is 0 Å². The zero-order chi connectivity index (χ0) is 18.9. The van der Waals surface area contributed by atoms with Crippen LogP contribution in [0.15, 0.2) is 41.1 Å². The minimum Gasteiger partial charge on any atom is -0.368 e. The molecule has 1 saturated carbocycles. The molecular formula is C18H17FN6O2. The van der Waals surface area contributed by atoms with Crippen LogP contribution in [0.25, 0.3) is 11.4 Å². The van der Waals surface area contributed by atoms with Crippen molar-refractivity contribution in [3.05, 3.63) is 53.8 Å². The van der Waals surface area contributed by atoms with E-state index in [1.165, 1.54) is 12.1 Å². The van der Waals surface area contributed by atoms with Gasteiger partial charge in [-0.2, -0.15) is 0 Å². The fourth-order valence-corrected chi connectivity index (χ4v) is 3.21. The third-order valence-corrected chi connectivity index (χ3v) is 4.86. The molecule has 0 aromatic carbocycles. The average molecular weight is 368 g/mol. The molecule has 138 valence electrons. The van der Waals surface area contributed by atoms with Gasteiger partial charge in [-0.3, -0.25) is 9.78 Å². The van der Waals surface area contributed by atoms with Crippen LogP contribution in [0.4, 0.5) is 10.2 Å². The number of carbonyl (C=O) groups is 1. The summed E-state index contributed by atoms with van der Waals surface area (Å²) in [6.07, 6.45) is 4.39. The summed E-state index contributed by atoms with van der Waals surface area (Å²) in [7, 11) is 0. The Morgan fingerprint density at radius 3 is 2.70 bits per heavy atom. The molecule has 1 aliphatic carbocycles. The van der Waals surface area contributed by atoms with E-state index in [1.807, 2.05) is 0 Å². The Morgan fingerprint density at radius 1 is 1.26 bits per heavy atom. The Hall–Kier alpha value is -3.36. The zero-order valence-corrected chi connectivity index (χ0v) is 14.4. The number of aromatic nitrogens is 4. The zero-order valence-electron chi connectivity index (χ0n) is 14.4. The lowest BCUT2D eigenvalue weighted by Gasteiger charge is -2.41. The number of pyridine rings is 1. The molecule has 0 saturated heterocycles. The second-order valence-corrected chi connectivity index (χ2v) is 6.57. The standard InChI is InChI=1S/C18H17FN6O2/c19-11-3-1-8-21-16(11)18(6-2-7-18)10-22-15-5-4-12(23-24-15)13-9-14(17(20)26)27-25-13/h1,3-5,8-9H,2,6-7,10H2,(H2,20,26)(H,22,24). The fraction of sp³-hybridized carbons (Fsp3) is 0.278. The molecular weight excluding hydrogens is 351 g/mol. The first-order chi connectivity index (χ1) is 13.1. The Bertz CT molecular complexity index is 968. The normalized spacial score (nSPS) is 15.1. The number of rotatable bonds is 6. The molecule has 1 aliphatic rings. The number of halogens is 1. The van der Waals surface area contributed by atoms with Crippen molar-refractivity contribution in [2.45, 2.75) is 24.7 Å². The van der Waals surface area contributed by atoms with Gasteiger partial charge in [0.1, 0.15) is 23.0 Å². The van der Waals surface area contributed by atoms with Gasteiger partial charge < -0.3 is 15.6 Å². The Balaban J connectivity index is 1.47. The van der Waals surface area contributed by atoms with Crippen LogP contribution in [0.2, 0.25) is 0 Å². The minimum absolute atomic E-state index is 0.0432. The summed E-state index contributed by atoms with van der Waals surface area (Å²) in [5.74, 6) is -0.470. The number of hydrogen-bond acceptors (Lipinski definition) is 7. The average Bonchev–Trinajstić information content (AvgIpc) is 3.13. The molecule has 0 bridgehead atoms. The highest BCUT2D eigenvalue weighted by Crippen LogP contribution is 2.43. The van der Waals surface area contributed by atoms with Gasteiger partial charge in [0, 0.05) is 24.2 Å². The number of hydrogen-bond donors (Lipinski definition) is 2. The maximum absolute atomic E-state index is 14.2. The molecule has 3 aromatic rings. The van der Waals surface area contributed by atoms with E-state index in [-0.39, 0.29) is 17.0 Å². The van der Waals surface area contributed by atoms with Crippen molar-refractivity contribution in [3.63, 3.8) is 0 Å². The highest BCUT2D eigenvalue weighted by molar-refractivity contribution is 5.90. The first-order valence-electron chi connectivity index (χ1n) is 8.53. The van der Waals surface area contributed by atoms with Crippen LogP contribution in [-0.4, -0.2) is 32.8 Å². The molecule has 3 N–H and O–H groups in total. The van der Waals surface area contributed by atoms with Gasteiger partial charge in [0.25, 0.3) is 5.91 Å². The highest BCUT2D eigenvalue weighted by atomic mass is 19.1. The van der Waals surface area contributed by atoms with Crippen molar-refractivity contribution in [1.82, 2.24) is 20.3 Å². The van der Waals surface area contributed by atoms with Crippen LogP contribution in [0.5, 0.6) is 0 Å². The van der Waals surface area contributed by atoms with Crippen LogP contribution < -0.4 is 11.1 Å². The Kier molecular flexibility index (Phi) is 4.27. The van der Waals surface area contributed by atoms with E-state index in [0.717, 1.165) is 19.3 Å². The molecule has 1 fully saturated rings. The second kappa shape index (κ2) is 6.75. The molecule has 4 rings (SSSR count). The number of anilines is 1. The maximum atomic E-state index is 14.2. The van der Waals surface area contributed by atoms with Crippen LogP contribution >= 0.6 is 0 Å². The molecule has 0 unspecified atom stereocenters. The summed E-state index contributed by atoms with van der Waals surface area (Å²) in [4.78, 5) is 15.3. The van der Waals surface area contributed by atoms with Crippen molar-refractivity contribution >= 4 is 11.7 Å². The summed E-state index contributed by atoms with van der Waals surface area (Å²) in [6.45, 7) is 0.519. The van der Waals surface area contributed by atoms with Crippen LogP contribution in [-0.2, 0) is 5.41 Å². The Morgan fingerprint density at radius 2 is 2.11 bits per heavy atom. The third kappa shape index (κ3) is 3.23. The van der Waals surface area contributed by atoms with Crippen LogP contribution in [0, 0.1) is 5.82 Å². The summed E-state index contributed by atoms with van der Waals surface area (Å²) >= 11 is 0. The molecule has 0 spiro atoms. The number of nitrogens with zero attached hydrogens (tertiary/aromatic N) is 4. The van der Waals surface area contributed by atoms with E-state index in [2.05, 4.69) is 25.7 Å². The number of carbonyl (C=O) groups excluding carboxylic acids is 1. The molecule has 3 aromatic heterocycles. The summed E-state index contributed by atoms with van der Waals surface area (Å²) in [6, 6.07) is 7.88. The quantitative estimate of drug-likeness (QED) is 0.685. The predicted octanol–water partition coefficient (Wildman–Crippen LogP) is 2.30. The summed E-state index contributed by atoms with van der Waals surface area (Å²) < 4.78 is 19.0.